The zero-order valence-corrected chi connectivity index (χ0v) is 6.19. The van der Waals surface area contributed by atoms with Crippen LogP contribution >= 0.6 is 0 Å². The van der Waals surface area contributed by atoms with Gasteiger partial charge in [0, 0.05) is 0 Å². The van der Waals surface area contributed by atoms with Crippen LogP contribution in [0.3, 0.4) is 0 Å². The summed E-state index contributed by atoms with van der Waals surface area (Å²) in [6.45, 7) is 0. The van der Waals surface area contributed by atoms with E-state index < -0.39 is 28.5 Å². The molecule has 0 heterocycles. The van der Waals surface area contributed by atoms with Gasteiger partial charge in [0.05, 0.1) is 0 Å². The third kappa shape index (κ3) is 2.05. The van der Waals surface area contributed by atoms with Crippen molar-refractivity contribution in [1.29, 1.82) is 0 Å². The zero-order valence-electron chi connectivity index (χ0n) is 5.03. The third-order valence-electron chi connectivity index (χ3n) is 0.854. The number of primary amides is 3. The predicted octanol–water partition coefficient (Wildman–Crippen LogP) is -1.54. The first-order valence-electron chi connectivity index (χ1n) is 2.34. The Kier molecular flexibility index (Phi) is 2.86. The summed E-state index contributed by atoms with van der Waals surface area (Å²) in [5, 5.41) is 0. The molecule has 0 aromatic heterocycles. The minimum Gasteiger partial charge on any atom is -0.384 e. The Balaban J connectivity index is 4.43. The lowest BCUT2D eigenvalue weighted by molar-refractivity contribution is 0.256. The molecule has 0 spiro atoms. The minimum absolute atomic E-state index is 0.986. The normalized spacial score (nSPS) is 8.40. The summed E-state index contributed by atoms with van der Waals surface area (Å²) < 4.78 is -2.96. The number of nitrogens with two attached hydrogens (primary N) is 3. The van der Waals surface area contributed by atoms with Crippen LogP contribution in [-0.4, -0.2) is 28.5 Å². The Labute approximate surface area is 60.7 Å². The molecule has 0 unspecified atom stereocenters. The lowest BCUT2D eigenvalue weighted by Gasteiger charge is -1.95. The van der Waals surface area contributed by atoms with Crippen molar-refractivity contribution >= 4 is 28.5 Å². The maximum Gasteiger partial charge on any atom is 0.646 e. The predicted molar refractivity (Wildman–Crippen MR) is 34.5 cm³/mol. The smallest absolute Gasteiger partial charge is 0.384 e. The number of hydrogen-bond acceptors (Lipinski definition) is 3. The van der Waals surface area contributed by atoms with E-state index in [1.54, 1.807) is 0 Å². The SMILES string of the molecule is N[C](=O)[Al]([C](N)=O)[C](N)=O. The first kappa shape index (κ1) is 8.94. The van der Waals surface area contributed by atoms with Gasteiger partial charge in [0.25, 0.3) is 0 Å². The van der Waals surface area contributed by atoms with E-state index in [4.69, 9.17) is 0 Å². The topological polar surface area (TPSA) is 129 Å². The van der Waals surface area contributed by atoms with Crippen LogP contribution in [-0.2, 0) is 0 Å². The van der Waals surface area contributed by atoms with Gasteiger partial charge in [0.1, 0.15) is 0 Å². The molecule has 0 aliphatic rings. The molecular weight excluding hydrogens is 153 g/mol. The average molecular weight is 159 g/mol. The minimum atomic E-state index is -3.04. The van der Waals surface area contributed by atoms with E-state index in [-0.39, 0.29) is 0 Å². The van der Waals surface area contributed by atoms with Crippen molar-refractivity contribution in [2.24, 2.45) is 17.2 Å². The van der Waals surface area contributed by atoms with Gasteiger partial charge in [-0.2, -0.15) is 0 Å². The monoisotopic (exact) mass is 159 g/mol. The van der Waals surface area contributed by atoms with Gasteiger partial charge in [-0.15, -0.1) is 0 Å². The summed E-state index contributed by atoms with van der Waals surface area (Å²) in [5.41, 5.74) is 14.0. The molecule has 0 aromatic rings. The molecular formula is C3H6AlN3O3. The van der Waals surface area contributed by atoms with Crippen LogP contribution in [0.25, 0.3) is 0 Å². The fourth-order valence-corrected chi connectivity index (χ4v) is 1.26. The zero-order chi connectivity index (χ0) is 8.31. The summed E-state index contributed by atoms with van der Waals surface area (Å²) in [7, 11) is 0. The van der Waals surface area contributed by atoms with Crippen LogP contribution in [0.5, 0.6) is 0 Å². The highest BCUT2D eigenvalue weighted by Crippen LogP contribution is 1.82. The lowest BCUT2D eigenvalue weighted by atomic mass is 11.3. The Hall–Kier alpha value is -1.06. The Bertz CT molecular complexity index is 158. The standard InChI is InChI=1S/3CH2NO.Al/c3*2-1-3;/h3*(H2,2,3);. The quantitative estimate of drug-likeness (QED) is 0.431. The molecule has 0 saturated heterocycles. The molecule has 6 N–H and O–H groups in total. The number of carbonyl (C=O) groups excluding carboxylic acids is 3. The molecule has 0 bridgehead atoms. The van der Waals surface area contributed by atoms with Crippen LogP contribution in [0.1, 0.15) is 0 Å². The summed E-state index contributed by atoms with van der Waals surface area (Å²) in [6.07, 6.45) is 0. The Morgan fingerprint density at radius 1 is 0.800 bits per heavy atom. The van der Waals surface area contributed by atoms with Crippen LogP contribution in [0.15, 0.2) is 0 Å². The van der Waals surface area contributed by atoms with Gasteiger partial charge in [-0.05, 0) is 0 Å². The second-order valence-electron chi connectivity index (χ2n) is 1.64. The van der Waals surface area contributed by atoms with Gasteiger partial charge in [-0.25, -0.2) is 0 Å². The molecule has 6 nitrogen and oxygen atoms in total. The van der Waals surface area contributed by atoms with Gasteiger partial charge in [-0.1, -0.05) is 0 Å². The molecule has 10 heavy (non-hydrogen) atoms. The van der Waals surface area contributed by atoms with E-state index >= 15 is 0 Å². The molecule has 0 aromatic carbocycles. The van der Waals surface area contributed by atoms with Crippen LogP contribution in [0.4, 0.5) is 14.4 Å². The molecule has 0 aliphatic heterocycles. The number of amides is 3. The highest BCUT2D eigenvalue weighted by Gasteiger charge is 2.41. The summed E-state index contributed by atoms with van der Waals surface area (Å²) in [6, 6.07) is 0. The number of hydrogen-bond donors (Lipinski definition) is 3. The molecule has 3 amide bonds. The molecule has 0 saturated carbocycles. The van der Waals surface area contributed by atoms with Crippen LogP contribution in [0, 0.1) is 0 Å². The molecule has 0 aliphatic carbocycles. The van der Waals surface area contributed by atoms with Gasteiger partial charge < -0.3 is 17.2 Å². The van der Waals surface area contributed by atoms with E-state index in [9.17, 15) is 14.4 Å². The second-order valence-corrected chi connectivity index (χ2v) is 4.21. The van der Waals surface area contributed by atoms with E-state index in [0.29, 0.717) is 0 Å². The highest BCUT2D eigenvalue weighted by atomic mass is 27.2. The highest BCUT2D eigenvalue weighted by molar-refractivity contribution is 7.27. The van der Waals surface area contributed by atoms with E-state index in [0.717, 1.165) is 0 Å². The van der Waals surface area contributed by atoms with Crippen molar-refractivity contribution < 1.29 is 14.4 Å². The van der Waals surface area contributed by atoms with E-state index in [1.807, 2.05) is 0 Å². The molecule has 0 rings (SSSR count). The van der Waals surface area contributed by atoms with Gasteiger partial charge in [0.2, 0.25) is 0 Å². The fraction of sp³-hybridized carbons (Fsp3) is 0. The summed E-state index contributed by atoms with van der Waals surface area (Å²) in [5.74, 6) is 0. The van der Waals surface area contributed by atoms with E-state index in [2.05, 4.69) is 17.2 Å². The second kappa shape index (κ2) is 3.20. The molecule has 0 radical (unpaired) electrons. The summed E-state index contributed by atoms with van der Waals surface area (Å²) in [4.78, 5) is 30.8. The Morgan fingerprint density at radius 3 is 1.00 bits per heavy atom. The molecule has 54 valence electrons. The van der Waals surface area contributed by atoms with E-state index in [1.165, 1.54) is 0 Å². The molecule has 7 heteroatoms. The van der Waals surface area contributed by atoms with Gasteiger partial charge in [-0.3, -0.25) is 14.4 Å². The maximum absolute atomic E-state index is 10.3. The number of rotatable bonds is 3. The van der Waals surface area contributed by atoms with Crippen molar-refractivity contribution in [3.63, 3.8) is 0 Å². The fourth-order valence-electron chi connectivity index (χ4n) is 0.421. The molecule has 0 fully saturated rings. The largest absolute Gasteiger partial charge is 0.646 e. The molecule has 0 atom stereocenters. The first-order chi connectivity index (χ1) is 4.46. The van der Waals surface area contributed by atoms with Crippen LogP contribution in [0.2, 0.25) is 0 Å². The first-order valence-corrected chi connectivity index (χ1v) is 4.08. The Morgan fingerprint density at radius 2 is 1.00 bits per heavy atom. The maximum atomic E-state index is 10.3. The van der Waals surface area contributed by atoms with Crippen molar-refractivity contribution in [2.75, 3.05) is 0 Å². The number of carbonyl (C=O) groups is 3. The van der Waals surface area contributed by atoms with Crippen molar-refractivity contribution in [3.05, 3.63) is 0 Å². The van der Waals surface area contributed by atoms with Crippen molar-refractivity contribution in [3.8, 4) is 0 Å². The lowest BCUT2D eigenvalue weighted by Crippen LogP contribution is -2.52. The van der Waals surface area contributed by atoms with Gasteiger partial charge in [0.15, 0.2) is 14.3 Å². The van der Waals surface area contributed by atoms with Crippen LogP contribution < -0.4 is 17.2 Å². The summed E-state index contributed by atoms with van der Waals surface area (Å²) >= 11 is -3.04. The third-order valence-corrected chi connectivity index (χ3v) is 2.56. The average Bonchev–Trinajstić information content (AvgIpc) is 1.59. The van der Waals surface area contributed by atoms with Crippen molar-refractivity contribution in [1.82, 2.24) is 0 Å². The van der Waals surface area contributed by atoms with Crippen molar-refractivity contribution in [2.45, 2.75) is 0 Å². The van der Waals surface area contributed by atoms with Gasteiger partial charge >= 0.3 is 14.1 Å².